The standard InChI is InChI=1S/C13H14N4O3/c1-13(2)11(19)16-10(18)6-17(13)12-15-8-4-3-7(14)5-9(8)20-12/h3-5H,6,14H2,1-2H3,(H,16,18,19). The van der Waals surface area contributed by atoms with E-state index in [4.69, 9.17) is 10.2 Å². The summed E-state index contributed by atoms with van der Waals surface area (Å²) in [6.45, 7) is 3.43. The molecule has 1 aromatic carbocycles. The van der Waals surface area contributed by atoms with E-state index in [1.165, 1.54) is 0 Å². The van der Waals surface area contributed by atoms with Crippen molar-refractivity contribution in [2.75, 3.05) is 17.2 Å². The van der Waals surface area contributed by atoms with E-state index in [0.29, 0.717) is 16.8 Å². The van der Waals surface area contributed by atoms with E-state index in [1.807, 2.05) is 0 Å². The lowest BCUT2D eigenvalue weighted by Gasteiger charge is -2.38. The van der Waals surface area contributed by atoms with Crippen molar-refractivity contribution in [1.82, 2.24) is 10.3 Å². The topological polar surface area (TPSA) is 101 Å². The quantitative estimate of drug-likeness (QED) is 0.585. The zero-order valence-electron chi connectivity index (χ0n) is 11.1. The number of amides is 2. The van der Waals surface area contributed by atoms with E-state index in [0.717, 1.165) is 0 Å². The van der Waals surface area contributed by atoms with Gasteiger partial charge in [-0.25, -0.2) is 0 Å². The number of oxazole rings is 1. The summed E-state index contributed by atoms with van der Waals surface area (Å²) in [4.78, 5) is 29.3. The lowest BCUT2D eigenvalue weighted by Crippen LogP contribution is -2.64. The molecule has 1 saturated heterocycles. The van der Waals surface area contributed by atoms with Crippen LogP contribution < -0.4 is 16.0 Å². The second-order valence-corrected chi connectivity index (χ2v) is 5.25. The minimum absolute atomic E-state index is 0.0149. The first-order chi connectivity index (χ1) is 9.38. The lowest BCUT2D eigenvalue weighted by atomic mass is 9.99. The van der Waals surface area contributed by atoms with Gasteiger partial charge >= 0.3 is 0 Å². The monoisotopic (exact) mass is 274 g/mol. The summed E-state index contributed by atoms with van der Waals surface area (Å²) >= 11 is 0. The number of aromatic nitrogens is 1. The van der Waals surface area contributed by atoms with Gasteiger partial charge in [0.15, 0.2) is 5.58 Å². The first kappa shape index (κ1) is 12.5. The van der Waals surface area contributed by atoms with E-state index >= 15 is 0 Å². The molecule has 1 fully saturated rings. The van der Waals surface area contributed by atoms with Crippen LogP contribution in [-0.4, -0.2) is 28.9 Å². The van der Waals surface area contributed by atoms with Crippen LogP contribution in [0.4, 0.5) is 11.7 Å². The number of hydrogen-bond donors (Lipinski definition) is 2. The Hall–Kier alpha value is -2.57. The molecular formula is C13H14N4O3. The molecule has 3 rings (SSSR count). The zero-order valence-corrected chi connectivity index (χ0v) is 11.1. The largest absolute Gasteiger partial charge is 0.423 e. The molecule has 1 aliphatic rings. The number of nitrogens with one attached hydrogen (secondary N) is 1. The third kappa shape index (κ3) is 1.78. The number of fused-ring (bicyclic) bond motifs is 1. The maximum absolute atomic E-state index is 11.9. The van der Waals surface area contributed by atoms with Crippen LogP contribution in [0.25, 0.3) is 11.1 Å². The zero-order chi connectivity index (χ0) is 14.5. The molecule has 7 nitrogen and oxygen atoms in total. The molecule has 0 bridgehead atoms. The maximum atomic E-state index is 11.9. The molecule has 0 saturated carbocycles. The highest BCUT2D eigenvalue weighted by atomic mass is 16.4. The molecule has 20 heavy (non-hydrogen) atoms. The van der Waals surface area contributed by atoms with Gasteiger partial charge in [0, 0.05) is 11.8 Å². The van der Waals surface area contributed by atoms with Gasteiger partial charge in [0.25, 0.3) is 11.9 Å². The minimum atomic E-state index is -0.916. The number of nitrogens with zero attached hydrogens (tertiary/aromatic N) is 2. The highest BCUT2D eigenvalue weighted by Crippen LogP contribution is 2.29. The summed E-state index contributed by atoms with van der Waals surface area (Å²) in [5, 5.41) is 2.30. The van der Waals surface area contributed by atoms with Crippen LogP contribution in [0.3, 0.4) is 0 Å². The molecule has 1 aliphatic heterocycles. The number of carbonyl (C=O) groups is 2. The van der Waals surface area contributed by atoms with E-state index in [-0.39, 0.29) is 24.4 Å². The van der Waals surface area contributed by atoms with Crippen LogP contribution in [0, 0.1) is 0 Å². The summed E-state index contributed by atoms with van der Waals surface area (Å²) in [6, 6.07) is 5.34. The Labute approximate surface area is 114 Å². The predicted octanol–water partition coefficient (Wildman–Crippen LogP) is 0.651. The van der Waals surface area contributed by atoms with E-state index in [1.54, 1.807) is 36.9 Å². The molecule has 7 heteroatoms. The molecule has 2 heterocycles. The smallest absolute Gasteiger partial charge is 0.299 e. The van der Waals surface area contributed by atoms with Crippen molar-refractivity contribution >= 4 is 34.6 Å². The fourth-order valence-corrected chi connectivity index (χ4v) is 2.13. The fourth-order valence-electron chi connectivity index (χ4n) is 2.13. The molecule has 0 spiro atoms. The van der Waals surface area contributed by atoms with Gasteiger partial charge in [-0.1, -0.05) is 0 Å². The Morgan fingerprint density at radius 2 is 2.15 bits per heavy atom. The number of anilines is 2. The summed E-state index contributed by atoms with van der Waals surface area (Å²) < 4.78 is 5.62. The molecule has 104 valence electrons. The molecule has 2 amide bonds. The second kappa shape index (κ2) is 3.96. The summed E-state index contributed by atoms with van der Waals surface area (Å²) in [7, 11) is 0. The van der Waals surface area contributed by atoms with Crippen LogP contribution >= 0.6 is 0 Å². The average molecular weight is 274 g/mol. The van der Waals surface area contributed by atoms with Gasteiger partial charge in [-0.2, -0.15) is 4.98 Å². The molecule has 2 aromatic rings. The lowest BCUT2D eigenvalue weighted by molar-refractivity contribution is -0.135. The predicted molar refractivity (Wildman–Crippen MR) is 73.0 cm³/mol. The Bertz CT molecular complexity index is 719. The van der Waals surface area contributed by atoms with E-state index in [2.05, 4.69) is 10.3 Å². The molecule has 0 radical (unpaired) electrons. The van der Waals surface area contributed by atoms with Crippen molar-refractivity contribution in [3.63, 3.8) is 0 Å². The molecule has 3 N–H and O–H groups in total. The molecule has 1 aromatic heterocycles. The normalized spacial score (nSPS) is 18.4. The molecule has 0 unspecified atom stereocenters. The van der Waals surface area contributed by atoms with E-state index < -0.39 is 5.54 Å². The number of benzene rings is 1. The van der Waals surface area contributed by atoms with Gasteiger partial charge in [-0.05, 0) is 26.0 Å². The Morgan fingerprint density at radius 1 is 1.40 bits per heavy atom. The number of nitrogen functional groups attached to an aromatic ring is 1. The Balaban J connectivity index is 2.08. The third-order valence-electron chi connectivity index (χ3n) is 3.42. The highest BCUT2D eigenvalue weighted by Gasteiger charge is 2.43. The van der Waals surface area contributed by atoms with Crippen LogP contribution in [-0.2, 0) is 9.59 Å². The number of nitrogens with two attached hydrogens (primary N) is 1. The molecule has 0 atom stereocenters. The van der Waals surface area contributed by atoms with Gasteiger partial charge in [-0.15, -0.1) is 0 Å². The third-order valence-corrected chi connectivity index (χ3v) is 3.42. The fraction of sp³-hybridized carbons (Fsp3) is 0.308. The average Bonchev–Trinajstić information content (AvgIpc) is 2.76. The van der Waals surface area contributed by atoms with Crippen molar-refractivity contribution in [1.29, 1.82) is 0 Å². The number of carbonyl (C=O) groups excluding carboxylic acids is 2. The van der Waals surface area contributed by atoms with Gasteiger partial charge in [0.05, 0.1) is 0 Å². The first-order valence-electron chi connectivity index (χ1n) is 6.16. The van der Waals surface area contributed by atoms with Crippen molar-refractivity contribution in [3.8, 4) is 0 Å². The number of hydrogen-bond acceptors (Lipinski definition) is 6. The number of rotatable bonds is 1. The Morgan fingerprint density at radius 3 is 2.90 bits per heavy atom. The Kier molecular flexibility index (Phi) is 2.47. The van der Waals surface area contributed by atoms with Crippen molar-refractivity contribution in [2.24, 2.45) is 0 Å². The summed E-state index contributed by atoms with van der Waals surface area (Å²) in [5.74, 6) is -0.758. The highest BCUT2D eigenvalue weighted by molar-refractivity contribution is 6.06. The number of imide groups is 1. The van der Waals surface area contributed by atoms with Crippen molar-refractivity contribution in [3.05, 3.63) is 18.2 Å². The first-order valence-corrected chi connectivity index (χ1v) is 6.16. The van der Waals surface area contributed by atoms with Crippen LogP contribution in [0.5, 0.6) is 0 Å². The molecule has 0 aliphatic carbocycles. The minimum Gasteiger partial charge on any atom is -0.423 e. The van der Waals surface area contributed by atoms with Crippen molar-refractivity contribution in [2.45, 2.75) is 19.4 Å². The number of piperazine rings is 1. The maximum Gasteiger partial charge on any atom is 0.299 e. The summed E-state index contributed by atoms with van der Waals surface area (Å²) in [6.07, 6.45) is 0. The van der Waals surface area contributed by atoms with Gasteiger partial charge < -0.3 is 15.1 Å². The SMILES string of the molecule is CC1(C)C(=O)NC(=O)CN1c1nc2ccc(N)cc2o1. The van der Waals surface area contributed by atoms with Crippen molar-refractivity contribution < 1.29 is 14.0 Å². The van der Waals surface area contributed by atoms with Crippen LogP contribution in [0.15, 0.2) is 22.6 Å². The van der Waals surface area contributed by atoms with E-state index in [9.17, 15) is 9.59 Å². The second-order valence-electron chi connectivity index (χ2n) is 5.25. The summed E-state index contributed by atoms with van der Waals surface area (Å²) in [5.41, 5.74) is 6.49. The van der Waals surface area contributed by atoms with Crippen LogP contribution in [0.2, 0.25) is 0 Å². The van der Waals surface area contributed by atoms with Gasteiger partial charge in [-0.3, -0.25) is 14.9 Å². The van der Waals surface area contributed by atoms with Gasteiger partial charge in [0.2, 0.25) is 5.91 Å². The van der Waals surface area contributed by atoms with Gasteiger partial charge in [0.1, 0.15) is 17.6 Å². The van der Waals surface area contributed by atoms with Crippen LogP contribution in [0.1, 0.15) is 13.8 Å². The molecular weight excluding hydrogens is 260 g/mol.